The normalized spacial score (nSPS) is 17.5. The summed E-state index contributed by atoms with van der Waals surface area (Å²) in [7, 11) is 1.85. The second-order valence-electron chi connectivity index (χ2n) is 10.3. The number of benzene rings is 1. The van der Waals surface area contributed by atoms with Crippen molar-refractivity contribution in [3.63, 3.8) is 0 Å². The van der Waals surface area contributed by atoms with Gasteiger partial charge in [-0.15, -0.1) is 0 Å². The quantitative estimate of drug-likeness (QED) is 0.473. The number of carbonyl (C=O) groups is 2. The van der Waals surface area contributed by atoms with Crippen molar-refractivity contribution in [2.24, 2.45) is 5.92 Å². The molecule has 0 saturated carbocycles. The molecule has 1 aromatic heterocycles. The molecule has 1 N–H and O–H groups in total. The molecule has 9 heteroatoms. The number of fused-ring (bicyclic) bond motifs is 1. The number of amides is 2. The summed E-state index contributed by atoms with van der Waals surface area (Å²) in [5, 5.41) is 3.37. The van der Waals surface area contributed by atoms with Crippen LogP contribution in [0.3, 0.4) is 0 Å². The summed E-state index contributed by atoms with van der Waals surface area (Å²) in [6.45, 7) is 14.5. The van der Waals surface area contributed by atoms with E-state index in [1.807, 2.05) is 14.0 Å². The molecule has 0 spiro atoms. The molecule has 3 heterocycles. The summed E-state index contributed by atoms with van der Waals surface area (Å²) in [5.41, 5.74) is 3.20. The highest BCUT2D eigenvalue weighted by atomic mass is 16.6. The molecule has 9 nitrogen and oxygen atoms in total. The minimum absolute atomic E-state index is 0.0202. The first-order valence-corrected chi connectivity index (χ1v) is 13.0. The maximum absolute atomic E-state index is 12.1. The third-order valence-corrected chi connectivity index (χ3v) is 7.25. The van der Waals surface area contributed by atoms with Crippen molar-refractivity contribution in [3.05, 3.63) is 59.8 Å². The Labute approximate surface area is 219 Å². The van der Waals surface area contributed by atoms with Gasteiger partial charge in [0.15, 0.2) is 0 Å². The number of nitrogens with one attached hydrogen (secondary N) is 1. The van der Waals surface area contributed by atoms with Crippen molar-refractivity contribution in [1.82, 2.24) is 19.8 Å². The van der Waals surface area contributed by atoms with E-state index in [4.69, 9.17) is 4.74 Å². The summed E-state index contributed by atoms with van der Waals surface area (Å²) in [4.78, 5) is 38.8. The van der Waals surface area contributed by atoms with E-state index in [2.05, 4.69) is 71.8 Å². The van der Waals surface area contributed by atoms with E-state index in [9.17, 15) is 9.59 Å². The van der Waals surface area contributed by atoms with Crippen LogP contribution in [0.5, 0.6) is 0 Å². The molecule has 4 rings (SSSR count). The molecule has 2 atom stereocenters. The summed E-state index contributed by atoms with van der Waals surface area (Å²) in [6.07, 6.45) is 3.77. The van der Waals surface area contributed by atoms with E-state index in [1.165, 1.54) is 16.5 Å². The van der Waals surface area contributed by atoms with E-state index in [1.54, 1.807) is 11.1 Å². The molecule has 1 fully saturated rings. The van der Waals surface area contributed by atoms with Gasteiger partial charge in [0, 0.05) is 38.9 Å². The molecule has 0 aliphatic carbocycles. The highest BCUT2D eigenvalue weighted by Gasteiger charge is 2.36. The fourth-order valence-electron chi connectivity index (χ4n) is 4.92. The van der Waals surface area contributed by atoms with E-state index >= 15 is 0 Å². The molecule has 0 bridgehead atoms. The molecule has 1 unspecified atom stereocenters. The number of nitrogens with zero attached hydrogens (tertiary/aromatic N) is 5. The second kappa shape index (κ2) is 11.3. The molecular formula is C28H38N6O3. The number of aromatic nitrogens is 2. The molecule has 0 radical (unpaired) electrons. The Morgan fingerprint density at radius 1 is 1.24 bits per heavy atom. The van der Waals surface area contributed by atoms with Gasteiger partial charge in [0.1, 0.15) is 12.4 Å². The number of rotatable bonds is 10. The number of cyclic esters (lactones) is 1. The van der Waals surface area contributed by atoms with Gasteiger partial charge in [-0.25, -0.2) is 9.78 Å². The van der Waals surface area contributed by atoms with Crippen LogP contribution in [0.1, 0.15) is 62.9 Å². The average Bonchev–Trinajstić information content (AvgIpc) is 2.86. The van der Waals surface area contributed by atoms with Gasteiger partial charge in [0.25, 0.3) is 0 Å². The summed E-state index contributed by atoms with van der Waals surface area (Å²) in [6, 6.07) is 9.23. The van der Waals surface area contributed by atoms with Crippen molar-refractivity contribution < 1.29 is 14.3 Å². The predicted octanol–water partition coefficient (Wildman–Crippen LogP) is 4.54. The lowest BCUT2D eigenvalue weighted by Gasteiger charge is -2.48. The number of likely N-dealkylation sites (tertiary alicyclic amines) is 1. The summed E-state index contributed by atoms with van der Waals surface area (Å²) < 4.78 is 5.18. The maximum Gasteiger partial charge on any atom is 0.415 e. The number of anilines is 2. The van der Waals surface area contributed by atoms with Gasteiger partial charge < -0.3 is 15.0 Å². The first kappa shape index (κ1) is 26.6. The summed E-state index contributed by atoms with van der Waals surface area (Å²) in [5.74, 6) is 1.61. The number of hydrogen-bond donors (Lipinski definition) is 1. The van der Waals surface area contributed by atoms with Crippen molar-refractivity contribution in [2.75, 3.05) is 36.9 Å². The van der Waals surface area contributed by atoms with Gasteiger partial charge in [-0.1, -0.05) is 44.7 Å². The Kier molecular flexibility index (Phi) is 8.12. The van der Waals surface area contributed by atoms with Crippen LogP contribution >= 0.6 is 0 Å². The molecule has 2 amide bonds. The van der Waals surface area contributed by atoms with Crippen LogP contribution in [0, 0.1) is 5.92 Å². The minimum Gasteiger partial charge on any atom is -0.444 e. The Morgan fingerprint density at radius 3 is 2.54 bits per heavy atom. The lowest BCUT2D eigenvalue weighted by Crippen LogP contribution is -2.60. The lowest BCUT2D eigenvalue weighted by molar-refractivity contribution is -0.130. The first-order chi connectivity index (χ1) is 17.7. The van der Waals surface area contributed by atoms with Crippen LogP contribution in [-0.2, 0) is 16.1 Å². The fraction of sp³-hybridized carbons (Fsp3) is 0.500. The monoisotopic (exact) mass is 506 g/mol. The van der Waals surface area contributed by atoms with Crippen LogP contribution in [0.2, 0.25) is 0 Å². The Morgan fingerprint density at radius 2 is 1.92 bits per heavy atom. The van der Waals surface area contributed by atoms with Crippen LogP contribution in [0.4, 0.5) is 16.6 Å². The van der Waals surface area contributed by atoms with Crippen molar-refractivity contribution in [3.8, 4) is 0 Å². The molecular weight excluding hydrogens is 468 g/mol. The molecule has 2 aliphatic rings. The van der Waals surface area contributed by atoms with E-state index < -0.39 is 0 Å². The van der Waals surface area contributed by atoms with Crippen molar-refractivity contribution in [2.45, 2.75) is 58.8 Å². The van der Waals surface area contributed by atoms with Gasteiger partial charge in [0.2, 0.25) is 11.9 Å². The molecule has 2 aromatic rings. The van der Waals surface area contributed by atoms with Gasteiger partial charge in [0.05, 0.1) is 17.6 Å². The third kappa shape index (κ3) is 5.77. The van der Waals surface area contributed by atoms with Crippen LogP contribution < -0.4 is 10.2 Å². The first-order valence-electron chi connectivity index (χ1n) is 13.0. The zero-order valence-electron chi connectivity index (χ0n) is 22.5. The number of likely N-dealkylation sites (N-methyl/N-ethyl adjacent to an activating group) is 1. The van der Waals surface area contributed by atoms with Gasteiger partial charge in [-0.2, -0.15) is 4.98 Å². The van der Waals surface area contributed by atoms with Crippen LogP contribution in [-0.4, -0.2) is 64.5 Å². The molecule has 198 valence electrons. The molecule has 37 heavy (non-hydrogen) atoms. The topological polar surface area (TPSA) is 90.9 Å². The van der Waals surface area contributed by atoms with E-state index in [-0.39, 0.29) is 30.7 Å². The third-order valence-electron chi connectivity index (χ3n) is 7.25. The standard InChI is InChI=1S/C28H38N6O3/c1-7-25(35)32(6)23-15-33(16-23)24(13-18(3)4)21-11-9-20(10-12-21)19(5)30-27-29-14-22-17-37-28(36)34(8-2)26(22)31-27/h7,9-12,14,18-19,23-24H,1,8,13,15-17H2,2-6H3,(H,29,30,31)/t19-,24?/m0/s1. The van der Waals surface area contributed by atoms with Crippen molar-refractivity contribution >= 4 is 23.8 Å². The maximum atomic E-state index is 12.1. The molecule has 1 aromatic carbocycles. The van der Waals surface area contributed by atoms with Gasteiger partial charge >= 0.3 is 6.09 Å². The van der Waals surface area contributed by atoms with Crippen LogP contribution in [0.25, 0.3) is 0 Å². The Balaban J connectivity index is 1.43. The Hall–Kier alpha value is -3.46. The SMILES string of the molecule is C=CC(=O)N(C)C1CN(C(CC(C)C)c2ccc([C@H](C)Nc3ncc4c(n3)N(CC)C(=O)OC4)cc2)C1. The smallest absolute Gasteiger partial charge is 0.415 e. The highest BCUT2D eigenvalue weighted by molar-refractivity contribution is 5.89. The minimum atomic E-state index is -0.383. The summed E-state index contributed by atoms with van der Waals surface area (Å²) >= 11 is 0. The van der Waals surface area contributed by atoms with Gasteiger partial charge in [-0.05, 0) is 43.4 Å². The number of hydrogen-bond acceptors (Lipinski definition) is 7. The van der Waals surface area contributed by atoms with Crippen LogP contribution in [0.15, 0.2) is 43.1 Å². The lowest BCUT2D eigenvalue weighted by atomic mass is 9.91. The van der Waals surface area contributed by atoms with E-state index in [0.717, 1.165) is 30.6 Å². The predicted molar refractivity (Wildman–Crippen MR) is 144 cm³/mol. The highest BCUT2D eigenvalue weighted by Crippen LogP contribution is 2.34. The van der Waals surface area contributed by atoms with Crippen molar-refractivity contribution in [1.29, 1.82) is 0 Å². The fourth-order valence-corrected chi connectivity index (χ4v) is 4.92. The second-order valence-corrected chi connectivity index (χ2v) is 10.3. The number of ether oxygens (including phenoxy) is 1. The number of carbonyl (C=O) groups excluding carboxylic acids is 2. The zero-order chi connectivity index (χ0) is 26.7. The molecule has 1 saturated heterocycles. The zero-order valence-corrected chi connectivity index (χ0v) is 22.5. The van der Waals surface area contributed by atoms with E-state index in [0.29, 0.717) is 30.3 Å². The van der Waals surface area contributed by atoms with Gasteiger partial charge in [-0.3, -0.25) is 14.6 Å². The Bertz CT molecular complexity index is 1130. The average molecular weight is 507 g/mol. The molecule has 2 aliphatic heterocycles. The largest absolute Gasteiger partial charge is 0.444 e.